The molecule has 0 bridgehead atoms. The Hall–Kier alpha value is -2.57. The predicted molar refractivity (Wildman–Crippen MR) is 96.6 cm³/mol. The summed E-state index contributed by atoms with van der Waals surface area (Å²) in [7, 11) is 2.21. The summed E-state index contributed by atoms with van der Waals surface area (Å²) in [4.78, 5) is 5.75. The monoisotopic (exact) mass is 315 g/mol. The second-order valence-corrected chi connectivity index (χ2v) is 6.90. The van der Waals surface area contributed by atoms with E-state index in [4.69, 9.17) is 5.26 Å². The number of hydrogen-bond acceptors (Lipinski definition) is 2. The van der Waals surface area contributed by atoms with Crippen LogP contribution in [0, 0.1) is 17.2 Å². The Kier molecular flexibility index (Phi) is 3.84. The zero-order valence-electron chi connectivity index (χ0n) is 13.9. The van der Waals surface area contributed by atoms with Crippen LogP contribution in [0.4, 0.5) is 0 Å². The van der Waals surface area contributed by atoms with E-state index < -0.39 is 0 Å². The van der Waals surface area contributed by atoms with Gasteiger partial charge in [-0.2, -0.15) is 5.26 Å². The number of fused-ring (bicyclic) bond motifs is 1. The Morgan fingerprint density at radius 2 is 2.04 bits per heavy atom. The molecular weight excluding hydrogens is 294 g/mol. The van der Waals surface area contributed by atoms with E-state index in [0.717, 1.165) is 24.5 Å². The van der Waals surface area contributed by atoms with Gasteiger partial charge in [-0.1, -0.05) is 36.4 Å². The summed E-state index contributed by atoms with van der Waals surface area (Å²) in [5.41, 5.74) is 4.57. The summed E-state index contributed by atoms with van der Waals surface area (Å²) in [6, 6.07) is 18.8. The molecule has 3 aromatic rings. The second kappa shape index (κ2) is 6.14. The van der Waals surface area contributed by atoms with Gasteiger partial charge in [0.05, 0.1) is 11.6 Å². The van der Waals surface area contributed by atoms with E-state index in [-0.39, 0.29) is 0 Å². The van der Waals surface area contributed by atoms with E-state index in [0.29, 0.717) is 11.5 Å². The minimum absolute atomic E-state index is 0.643. The third kappa shape index (κ3) is 2.93. The van der Waals surface area contributed by atoms with Crippen LogP contribution >= 0.6 is 0 Å². The number of H-pyrrole nitrogens is 1. The fraction of sp³-hybridized carbons (Fsp3) is 0.286. The number of nitrogens with one attached hydrogen (secondary N) is 1. The Bertz CT molecular complexity index is 888. The average molecular weight is 315 g/mol. The third-order valence-corrected chi connectivity index (χ3v) is 5.01. The number of aromatic nitrogens is 1. The molecule has 3 heteroatoms. The highest BCUT2D eigenvalue weighted by Crippen LogP contribution is 2.49. The van der Waals surface area contributed by atoms with Gasteiger partial charge in [0.25, 0.3) is 0 Å². The van der Waals surface area contributed by atoms with E-state index in [2.05, 4.69) is 65.6 Å². The van der Waals surface area contributed by atoms with Crippen molar-refractivity contribution in [2.75, 3.05) is 13.6 Å². The predicted octanol–water partition coefficient (Wildman–Crippen LogP) is 4.28. The molecule has 2 atom stereocenters. The summed E-state index contributed by atoms with van der Waals surface area (Å²) in [5.74, 6) is 1.37. The number of aromatic amines is 1. The number of benzene rings is 2. The Morgan fingerprint density at radius 3 is 2.83 bits per heavy atom. The van der Waals surface area contributed by atoms with E-state index in [9.17, 15) is 0 Å². The molecule has 0 amide bonds. The molecule has 1 aromatic heterocycles. The molecule has 1 heterocycles. The Morgan fingerprint density at radius 1 is 1.21 bits per heavy atom. The van der Waals surface area contributed by atoms with Gasteiger partial charge in [0.1, 0.15) is 0 Å². The summed E-state index contributed by atoms with van der Waals surface area (Å²) >= 11 is 0. The van der Waals surface area contributed by atoms with Crippen molar-refractivity contribution in [2.45, 2.75) is 18.9 Å². The summed E-state index contributed by atoms with van der Waals surface area (Å²) in [6.07, 6.45) is 3.39. The van der Waals surface area contributed by atoms with Gasteiger partial charge in [-0.05, 0) is 48.6 Å². The zero-order valence-corrected chi connectivity index (χ0v) is 13.9. The SMILES string of the molecule is CN(Cc1ccccc1)C[C@H]1C[C@@H]1c1c[nH]c2cc(C#N)ccc12. The molecule has 24 heavy (non-hydrogen) atoms. The smallest absolute Gasteiger partial charge is 0.0992 e. The number of hydrogen-bond donors (Lipinski definition) is 1. The maximum Gasteiger partial charge on any atom is 0.0992 e. The lowest BCUT2D eigenvalue weighted by atomic mass is 10.1. The average Bonchev–Trinajstić information content (AvgIpc) is 3.22. The van der Waals surface area contributed by atoms with Gasteiger partial charge in [0, 0.05) is 30.2 Å². The number of rotatable bonds is 5. The van der Waals surface area contributed by atoms with E-state index in [1.54, 1.807) is 0 Å². The highest BCUT2D eigenvalue weighted by atomic mass is 15.1. The second-order valence-electron chi connectivity index (χ2n) is 6.90. The molecule has 0 spiro atoms. The third-order valence-electron chi connectivity index (χ3n) is 5.01. The first-order valence-corrected chi connectivity index (χ1v) is 8.48. The topological polar surface area (TPSA) is 42.8 Å². The first kappa shape index (κ1) is 15.0. The normalized spacial score (nSPS) is 19.5. The molecule has 1 aliphatic rings. The van der Waals surface area contributed by atoms with Crippen molar-refractivity contribution in [1.29, 1.82) is 5.26 Å². The van der Waals surface area contributed by atoms with E-state index >= 15 is 0 Å². The Balaban J connectivity index is 1.42. The van der Waals surface area contributed by atoms with Crippen LogP contribution in [0.3, 0.4) is 0 Å². The van der Waals surface area contributed by atoms with E-state index in [1.165, 1.54) is 22.9 Å². The van der Waals surface area contributed by atoms with Crippen LogP contribution in [0.15, 0.2) is 54.7 Å². The van der Waals surface area contributed by atoms with Crippen LogP contribution < -0.4 is 0 Å². The molecule has 0 aliphatic heterocycles. The molecular formula is C21H21N3. The van der Waals surface area contributed by atoms with E-state index in [1.807, 2.05) is 12.1 Å². The summed E-state index contributed by atoms with van der Waals surface area (Å²) in [5, 5.41) is 10.3. The van der Waals surface area contributed by atoms with Gasteiger partial charge in [0.2, 0.25) is 0 Å². The molecule has 0 unspecified atom stereocenters. The number of nitrogens with zero attached hydrogens (tertiary/aromatic N) is 2. The van der Waals surface area contributed by atoms with Crippen molar-refractivity contribution in [1.82, 2.24) is 9.88 Å². The summed E-state index contributed by atoms with van der Waals surface area (Å²) < 4.78 is 0. The van der Waals surface area contributed by atoms with Crippen LogP contribution in [-0.2, 0) is 6.54 Å². The van der Waals surface area contributed by atoms with Gasteiger partial charge in [0.15, 0.2) is 0 Å². The maximum atomic E-state index is 9.02. The Labute approximate surface area is 142 Å². The molecule has 4 rings (SSSR count). The molecule has 2 aromatic carbocycles. The van der Waals surface area contributed by atoms with Crippen molar-refractivity contribution >= 4 is 10.9 Å². The number of nitriles is 1. The van der Waals surface area contributed by atoms with Crippen LogP contribution in [0.2, 0.25) is 0 Å². The standard InChI is InChI=1S/C21H21N3/c1-24(13-15-5-3-2-4-6-15)14-17-10-19(17)20-12-23-21-9-16(11-22)7-8-18(20)21/h2-9,12,17,19,23H,10,13-14H2,1H3/t17-,19+/m1/s1. The lowest BCUT2D eigenvalue weighted by Crippen LogP contribution is -2.20. The van der Waals surface area contributed by atoms with Crippen molar-refractivity contribution in [3.8, 4) is 6.07 Å². The summed E-state index contributed by atoms with van der Waals surface area (Å²) in [6.45, 7) is 2.13. The minimum atomic E-state index is 0.643. The molecule has 1 saturated carbocycles. The molecule has 120 valence electrons. The molecule has 1 fully saturated rings. The molecule has 3 nitrogen and oxygen atoms in total. The van der Waals surface area contributed by atoms with Gasteiger partial charge >= 0.3 is 0 Å². The fourth-order valence-corrected chi connectivity index (χ4v) is 3.72. The molecule has 0 saturated heterocycles. The van der Waals surface area contributed by atoms with Crippen LogP contribution in [0.1, 0.15) is 29.0 Å². The lowest BCUT2D eigenvalue weighted by molar-refractivity contribution is 0.311. The van der Waals surface area contributed by atoms with Crippen LogP contribution in [0.5, 0.6) is 0 Å². The zero-order chi connectivity index (χ0) is 16.5. The van der Waals surface area contributed by atoms with Gasteiger partial charge < -0.3 is 9.88 Å². The quantitative estimate of drug-likeness (QED) is 0.764. The van der Waals surface area contributed by atoms with Crippen LogP contribution in [-0.4, -0.2) is 23.5 Å². The fourth-order valence-electron chi connectivity index (χ4n) is 3.72. The van der Waals surface area contributed by atoms with Crippen molar-refractivity contribution in [3.63, 3.8) is 0 Å². The molecule has 0 radical (unpaired) electrons. The largest absolute Gasteiger partial charge is 0.361 e. The van der Waals surface area contributed by atoms with Crippen LogP contribution in [0.25, 0.3) is 10.9 Å². The molecule has 1 aliphatic carbocycles. The highest BCUT2D eigenvalue weighted by Gasteiger charge is 2.40. The highest BCUT2D eigenvalue weighted by molar-refractivity contribution is 5.85. The van der Waals surface area contributed by atoms with Gasteiger partial charge in [-0.25, -0.2) is 0 Å². The van der Waals surface area contributed by atoms with Crippen molar-refractivity contribution in [2.24, 2.45) is 5.92 Å². The van der Waals surface area contributed by atoms with Gasteiger partial charge in [-0.3, -0.25) is 0 Å². The lowest BCUT2D eigenvalue weighted by Gasteiger charge is -2.16. The first-order chi connectivity index (χ1) is 11.7. The van der Waals surface area contributed by atoms with Crippen molar-refractivity contribution < 1.29 is 0 Å². The molecule has 1 N–H and O–H groups in total. The maximum absolute atomic E-state index is 9.02. The first-order valence-electron chi connectivity index (χ1n) is 8.48. The minimum Gasteiger partial charge on any atom is -0.361 e. The van der Waals surface area contributed by atoms with Gasteiger partial charge in [-0.15, -0.1) is 0 Å². The van der Waals surface area contributed by atoms with Crippen molar-refractivity contribution in [3.05, 3.63) is 71.4 Å².